The Balaban J connectivity index is 0.000000224. The van der Waals surface area contributed by atoms with Crippen LogP contribution < -0.4 is 11.1 Å². The summed E-state index contributed by atoms with van der Waals surface area (Å²) in [6.07, 6.45) is 11.3. The van der Waals surface area contributed by atoms with Crippen LogP contribution in [0.2, 0.25) is 0 Å². The zero-order valence-corrected chi connectivity index (χ0v) is 33.3. The number of ether oxygens (including phenoxy) is 1. The van der Waals surface area contributed by atoms with Crippen molar-refractivity contribution in [2.45, 2.75) is 77.0 Å². The molecule has 2 aliphatic rings. The predicted molar refractivity (Wildman–Crippen MR) is 217 cm³/mol. The number of carbonyl (C=O) groups excluding carboxylic acids is 3. The highest BCUT2D eigenvalue weighted by molar-refractivity contribution is 5.98. The van der Waals surface area contributed by atoms with Gasteiger partial charge in [-0.25, -0.2) is 13.6 Å². The van der Waals surface area contributed by atoms with Gasteiger partial charge < -0.3 is 25.6 Å². The van der Waals surface area contributed by atoms with E-state index in [-0.39, 0.29) is 47.1 Å². The number of alkyl carbamates (subject to hydrolysis) is 1. The van der Waals surface area contributed by atoms with Gasteiger partial charge in [0.2, 0.25) is 0 Å². The Hall–Kier alpha value is -4.91. The van der Waals surface area contributed by atoms with Crippen LogP contribution in [0.25, 0.3) is 0 Å². The van der Waals surface area contributed by atoms with Gasteiger partial charge in [0.15, 0.2) is 11.6 Å². The number of nitrogens with two attached hydrogens (primary N) is 1. The minimum atomic E-state index is -0.567. The molecule has 10 nitrogen and oxygen atoms in total. The van der Waals surface area contributed by atoms with Crippen molar-refractivity contribution in [3.63, 3.8) is 0 Å². The molecule has 2 fully saturated rings. The van der Waals surface area contributed by atoms with Crippen LogP contribution in [0, 0.1) is 23.5 Å². The average Bonchev–Trinajstić information content (AvgIpc) is 3.19. The van der Waals surface area contributed by atoms with Gasteiger partial charge in [-0.1, -0.05) is 12.1 Å². The van der Waals surface area contributed by atoms with Gasteiger partial charge in [-0.15, -0.1) is 0 Å². The summed E-state index contributed by atoms with van der Waals surface area (Å²) >= 11 is 0. The molecule has 0 radical (unpaired) electrons. The van der Waals surface area contributed by atoms with Crippen LogP contribution in [0.4, 0.5) is 13.6 Å². The summed E-state index contributed by atoms with van der Waals surface area (Å²) in [5, 5.41) is 3.00. The standard InChI is InChI=1S/C25H32FN3O3.C20H24FN3O/c1-25(2,3)32-24(31)28-22(15-18-5-4-12-27-16-18)17-29-13-10-20(11-14-29)23(30)19-6-8-21(26)9-7-19;21-18-5-3-16(4-6-18)20(25)17-7-10-24(11-8-17)14-19(22)12-15-2-1-9-23-13-15/h4-9,12,16,20,22H,10-11,13-15,17H2,1-3H3,(H,28,31);1-6,9,13,17,19H,7-8,10-12,14,22H2/t22-;19-/m11/s1. The Morgan fingerprint density at radius 3 is 1.58 bits per heavy atom. The number of piperidine rings is 2. The second kappa shape index (κ2) is 21.0. The van der Waals surface area contributed by atoms with Crippen molar-refractivity contribution >= 4 is 17.7 Å². The zero-order chi connectivity index (χ0) is 40.8. The number of amides is 1. The van der Waals surface area contributed by atoms with E-state index in [2.05, 4.69) is 25.1 Å². The molecule has 2 aromatic carbocycles. The molecular weight excluding hydrogens is 727 g/mol. The van der Waals surface area contributed by atoms with Crippen molar-refractivity contribution < 1.29 is 27.9 Å². The number of ketones is 2. The van der Waals surface area contributed by atoms with E-state index in [4.69, 9.17) is 10.5 Å². The fourth-order valence-corrected chi connectivity index (χ4v) is 7.42. The lowest BCUT2D eigenvalue weighted by Crippen LogP contribution is -2.48. The first-order valence-corrected chi connectivity index (χ1v) is 19.9. The molecule has 12 heteroatoms. The summed E-state index contributed by atoms with van der Waals surface area (Å²) in [5.74, 6) is -0.492. The molecule has 1 amide bonds. The van der Waals surface area contributed by atoms with Crippen LogP contribution >= 0.6 is 0 Å². The van der Waals surface area contributed by atoms with E-state index in [0.717, 1.165) is 76.0 Å². The molecule has 0 spiro atoms. The van der Waals surface area contributed by atoms with Gasteiger partial charge in [0, 0.05) is 72.9 Å². The molecule has 4 heterocycles. The van der Waals surface area contributed by atoms with Crippen molar-refractivity contribution in [1.82, 2.24) is 25.1 Å². The molecule has 2 aliphatic heterocycles. The van der Waals surface area contributed by atoms with Gasteiger partial charge in [-0.2, -0.15) is 0 Å². The Morgan fingerprint density at radius 2 is 1.16 bits per heavy atom. The maximum atomic E-state index is 13.1. The van der Waals surface area contributed by atoms with E-state index in [1.807, 2.05) is 51.2 Å². The molecule has 0 saturated carbocycles. The number of pyridine rings is 2. The molecule has 2 saturated heterocycles. The molecule has 0 bridgehead atoms. The van der Waals surface area contributed by atoms with Crippen LogP contribution in [-0.2, 0) is 17.6 Å². The minimum absolute atomic E-state index is 0.0243. The van der Waals surface area contributed by atoms with Gasteiger partial charge in [-0.05, 0) is 157 Å². The number of hydrogen-bond acceptors (Lipinski definition) is 9. The van der Waals surface area contributed by atoms with Crippen molar-refractivity contribution in [2.24, 2.45) is 17.6 Å². The third-order valence-corrected chi connectivity index (χ3v) is 10.3. The molecule has 6 rings (SSSR count). The maximum absolute atomic E-state index is 13.1. The van der Waals surface area contributed by atoms with E-state index in [9.17, 15) is 23.2 Å². The molecule has 2 atom stereocenters. The van der Waals surface area contributed by atoms with Crippen molar-refractivity contribution in [3.8, 4) is 0 Å². The van der Waals surface area contributed by atoms with Gasteiger partial charge in [-0.3, -0.25) is 19.6 Å². The second-order valence-electron chi connectivity index (χ2n) is 16.1. The quantitative estimate of drug-likeness (QED) is 0.139. The number of benzene rings is 2. The summed E-state index contributed by atoms with van der Waals surface area (Å²) in [4.78, 5) is 50.5. The zero-order valence-electron chi connectivity index (χ0n) is 33.3. The fourth-order valence-electron chi connectivity index (χ4n) is 7.42. The lowest BCUT2D eigenvalue weighted by atomic mass is 9.88. The van der Waals surface area contributed by atoms with Crippen molar-refractivity contribution in [2.75, 3.05) is 39.3 Å². The largest absolute Gasteiger partial charge is 0.444 e. The minimum Gasteiger partial charge on any atom is -0.444 e. The summed E-state index contributed by atoms with van der Waals surface area (Å²) in [6, 6.07) is 19.4. The maximum Gasteiger partial charge on any atom is 0.407 e. The highest BCUT2D eigenvalue weighted by atomic mass is 19.1. The van der Waals surface area contributed by atoms with E-state index >= 15 is 0 Å². The van der Waals surface area contributed by atoms with Crippen LogP contribution in [0.3, 0.4) is 0 Å². The Labute approximate surface area is 335 Å². The first-order valence-electron chi connectivity index (χ1n) is 19.9. The topological polar surface area (TPSA) is 131 Å². The van der Waals surface area contributed by atoms with Crippen molar-refractivity contribution in [3.05, 3.63) is 131 Å². The third-order valence-electron chi connectivity index (χ3n) is 10.3. The van der Waals surface area contributed by atoms with Crippen molar-refractivity contribution in [1.29, 1.82) is 0 Å². The second-order valence-corrected chi connectivity index (χ2v) is 16.1. The van der Waals surface area contributed by atoms with E-state index in [1.165, 1.54) is 24.3 Å². The summed E-state index contributed by atoms with van der Waals surface area (Å²) in [7, 11) is 0. The molecule has 4 aromatic rings. The Kier molecular flexibility index (Phi) is 15.9. The van der Waals surface area contributed by atoms with Gasteiger partial charge in [0.25, 0.3) is 0 Å². The van der Waals surface area contributed by atoms with Gasteiger partial charge >= 0.3 is 6.09 Å². The van der Waals surface area contributed by atoms with Crippen LogP contribution in [0.5, 0.6) is 0 Å². The molecule has 3 N–H and O–H groups in total. The SMILES string of the molecule is CC(C)(C)OC(=O)N[C@H](Cc1cccnc1)CN1CCC(C(=O)c2ccc(F)cc2)CC1.N[C@H](Cc1cccnc1)CN1CCC(C(=O)c2ccc(F)cc2)CC1. The smallest absolute Gasteiger partial charge is 0.407 e. The number of aromatic nitrogens is 2. The number of nitrogens with zero attached hydrogens (tertiary/aromatic N) is 4. The number of halogens is 2. The lowest BCUT2D eigenvalue weighted by Gasteiger charge is -2.34. The summed E-state index contributed by atoms with van der Waals surface area (Å²) in [5.41, 5.74) is 9.05. The van der Waals surface area contributed by atoms with Crippen LogP contribution in [0.1, 0.15) is 78.3 Å². The molecule has 57 heavy (non-hydrogen) atoms. The molecular formula is C45H56F2N6O4. The Morgan fingerprint density at radius 1 is 0.719 bits per heavy atom. The first-order chi connectivity index (χ1) is 27.3. The molecule has 2 aromatic heterocycles. The lowest BCUT2D eigenvalue weighted by molar-refractivity contribution is 0.0485. The molecule has 0 aliphatic carbocycles. The predicted octanol–water partition coefficient (Wildman–Crippen LogP) is 6.94. The average molecular weight is 783 g/mol. The summed E-state index contributed by atoms with van der Waals surface area (Å²) in [6.45, 7) is 10.3. The fraction of sp³-hybridized carbons (Fsp3) is 0.444. The van der Waals surface area contributed by atoms with E-state index < -0.39 is 11.7 Å². The number of hydrogen-bond donors (Lipinski definition) is 2. The van der Waals surface area contributed by atoms with Gasteiger partial charge in [0.1, 0.15) is 17.2 Å². The number of nitrogens with one attached hydrogen (secondary N) is 1. The summed E-state index contributed by atoms with van der Waals surface area (Å²) < 4.78 is 31.6. The molecule has 0 unspecified atom stereocenters. The van der Waals surface area contributed by atoms with E-state index in [0.29, 0.717) is 24.1 Å². The third kappa shape index (κ3) is 14.5. The number of rotatable bonds is 13. The molecule has 304 valence electrons. The number of carbonyl (C=O) groups is 3. The Bertz CT molecular complexity index is 1840. The highest BCUT2D eigenvalue weighted by Gasteiger charge is 2.29. The normalized spacial score (nSPS) is 16.8. The van der Waals surface area contributed by atoms with Gasteiger partial charge in [0.05, 0.1) is 0 Å². The van der Waals surface area contributed by atoms with Crippen LogP contribution in [-0.4, -0.2) is 94.4 Å². The highest BCUT2D eigenvalue weighted by Crippen LogP contribution is 2.24. The van der Waals surface area contributed by atoms with Crippen LogP contribution in [0.15, 0.2) is 97.6 Å². The number of likely N-dealkylation sites (tertiary alicyclic amines) is 2. The first kappa shape index (κ1) is 43.2. The monoisotopic (exact) mass is 782 g/mol. The van der Waals surface area contributed by atoms with E-state index in [1.54, 1.807) is 42.9 Å². The number of Topliss-reactive ketones (excluding diaryl/α,β-unsaturated/α-hetero) is 2.